The first-order valence-corrected chi connectivity index (χ1v) is 11.9. The zero-order chi connectivity index (χ0) is 24.6. The minimum Gasteiger partial charge on any atom is -0.389 e. The van der Waals surface area contributed by atoms with Crippen molar-refractivity contribution in [1.82, 2.24) is 9.97 Å². The third-order valence-corrected chi connectivity index (χ3v) is 5.80. The van der Waals surface area contributed by atoms with Crippen LogP contribution >= 0.6 is 23.2 Å². The van der Waals surface area contributed by atoms with Gasteiger partial charge in [-0.3, -0.25) is 0 Å². The lowest BCUT2D eigenvalue weighted by Gasteiger charge is -2.17. The molecule has 0 aliphatic carbocycles. The Hall–Kier alpha value is -3.16. The molecular formula is C27H26Cl2N4O2. The van der Waals surface area contributed by atoms with Gasteiger partial charge in [-0.2, -0.15) is 0 Å². The highest BCUT2D eigenvalue weighted by atomic mass is 35.5. The summed E-state index contributed by atoms with van der Waals surface area (Å²) in [6.45, 7) is 2.67. The van der Waals surface area contributed by atoms with Crippen LogP contribution in [-0.2, 0) is 11.3 Å². The largest absolute Gasteiger partial charge is 0.389 e. The molecule has 0 aliphatic heterocycles. The maximum atomic E-state index is 10.4. The van der Waals surface area contributed by atoms with E-state index in [9.17, 15) is 5.11 Å². The van der Waals surface area contributed by atoms with Crippen LogP contribution in [0, 0.1) is 6.92 Å². The number of ether oxygens (including phenoxy) is 1. The van der Waals surface area contributed by atoms with Gasteiger partial charge in [0.25, 0.3) is 0 Å². The Morgan fingerprint density at radius 3 is 2.14 bits per heavy atom. The van der Waals surface area contributed by atoms with Crippen LogP contribution in [0.2, 0.25) is 10.0 Å². The van der Waals surface area contributed by atoms with Crippen LogP contribution in [0.25, 0.3) is 11.4 Å². The molecule has 4 rings (SSSR count). The Kier molecular flexibility index (Phi) is 8.55. The van der Waals surface area contributed by atoms with Crippen molar-refractivity contribution in [3.05, 3.63) is 100 Å². The molecule has 1 heterocycles. The maximum absolute atomic E-state index is 10.4. The van der Waals surface area contributed by atoms with E-state index < -0.39 is 6.10 Å². The summed E-state index contributed by atoms with van der Waals surface area (Å²) in [5.74, 6) is 1.27. The zero-order valence-electron chi connectivity index (χ0n) is 19.2. The van der Waals surface area contributed by atoms with Crippen molar-refractivity contribution >= 4 is 40.4 Å². The van der Waals surface area contributed by atoms with Crippen molar-refractivity contribution < 1.29 is 9.84 Å². The minimum absolute atomic E-state index is 0.154. The van der Waals surface area contributed by atoms with Gasteiger partial charge in [-0.1, -0.05) is 53.5 Å². The van der Waals surface area contributed by atoms with E-state index in [2.05, 4.69) is 10.6 Å². The lowest BCUT2D eigenvalue weighted by Crippen LogP contribution is -2.25. The first kappa shape index (κ1) is 24.9. The van der Waals surface area contributed by atoms with Gasteiger partial charge < -0.3 is 20.5 Å². The van der Waals surface area contributed by atoms with Crippen LogP contribution in [0.5, 0.6) is 0 Å². The number of aryl methyl sites for hydroxylation is 1. The minimum atomic E-state index is -0.692. The molecule has 1 aromatic heterocycles. The van der Waals surface area contributed by atoms with Crippen LogP contribution in [0.4, 0.5) is 17.2 Å². The number of halogens is 2. The number of anilines is 3. The van der Waals surface area contributed by atoms with Crippen molar-refractivity contribution in [3.8, 4) is 11.4 Å². The Labute approximate surface area is 214 Å². The monoisotopic (exact) mass is 508 g/mol. The quantitative estimate of drug-likeness (QED) is 0.227. The predicted octanol–water partition coefficient (Wildman–Crippen LogP) is 6.49. The Bertz CT molecular complexity index is 1240. The van der Waals surface area contributed by atoms with Crippen LogP contribution in [0.1, 0.15) is 11.3 Å². The van der Waals surface area contributed by atoms with Gasteiger partial charge in [0.15, 0.2) is 5.82 Å². The van der Waals surface area contributed by atoms with Gasteiger partial charge >= 0.3 is 0 Å². The SMILES string of the molecule is Cc1nc(-c2ccccc2)nc(Nc2ccc(Cl)cc2)c1COCC(O)CNc1ccc(Cl)cc1. The predicted molar refractivity (Wildman–Crippen MR) is 143 cm³/mol. The smallest absolute Gasteiger partial charge is 0.161 e. The Morgan fingerprint density at radius 2 is 1.49 bits per heavy atom. The van der Waals surface area contributed by atoms with Crippen molar-refractivity contribution in [2.45, 2.75) is 19.6 Å². The second-order valence-corrected chi connectivity index (χ2v) is 8.89. The van der Waals surface area contributed by atoms with E-state index in [1.807, 2.05) is 73.7 Å². The lowest BCUT2D eigenvalue weighted by molar-refractivity contribution is 0.0346. The van der Waals surface area contributed by atoms with Crippen molar-refractivity contribution in [1.29, 1.82) is 0 Å². The number of benzene rings is 3. The molecule has 35 heavy (non-hydrogen) atoms. The van der Waals surface area contributed by atoms with E-state index in [0.29, 0.717) is 28.2 Å². The van der Waals surface area contributed by atoms with E-state index in [-0.39, 0.29) is 13.2 Å². The fraction of sp³-hybridized carbons (Fsp3) is 0.185. The Morgan fingerprint density at radius 1 is 0.857 bits per heavy atom. The summed E-state index contributed by atoms with van der Waals surface area (Å²) in [6.07, 6.45) is -0.692. The summed E-state index contributed by atoms with van der Waals surface area (Å²) in [6, 6.07) is 24.5. The standard InChI is InChI=1S/C27H26Cl2N4O2/c1-18-25(17-35-16-24(34)15-30-22-11-7-20(28)8-12-22)27(32-23-13-9-21(29)10-14-23)33-26(31-18)19-5-3-2-4-6-19/h2-14,24,30,34H,15-17H2,1H3,(H,31,32,33). The van der Waals surface area contributed by atoms with Crippen molar-refractivity contribution in [2.24, 2.45) is 0 Å². The molecule has 0 aliphatic rings. The van der Waals surface area contributed by atoms with E-state index >= 15 is 0 Å². The first-order chi connectivity index (χ1) is 17.0. The number of nitrogens with zero attached hydrogens (tertiary/aromatic N) is 2. The summed E-state index contributed by atoms with van der Waals surface area (Å²) >= 11 is 11.9. The molecule has 0 saturated heterocycles. The number of hydrogen-bond donors (Lipinski definition) is 3. The molecule has 3 aromatic carbocycles. The third-order valence-electron chi connectivity index (χ3n) is 5.30. The van der Waals surface area contributed by atoms with E-state index in [0.717, 1.165) is 28.2 Å². The van der Waals surface area contributed by atoms with Crippen LogP contribution in [0.3, 0.4) is 0 Å². The fourth-order valence-corrected chi connectivity index (χ4v) is 3.67. The number of aliphatic hydroxyl groups excluding tert-OH is 1. The molecule has 0 saturated carbocycles. The summed E-state index contributed by atoms with van der Waals surface area (Å²) in [5.41, 5.74) is 4.26. The molecule has 6 nitrogen and oxygen atoms in total. The van der Waals surface area contributed by atoms with E-state index in [1.165, 1.54) is 0 Å². The number of hydrogen-bond acceptors (Lipinski definition) is 6. The molecule has 0 amide bonds. The van der Waals surface area contributed by atoms with Gasteiger partial charge in [0.05, 0.1) is 19.3 Å². The van der Waals surface area contributed by atoms with Crippen LogP contribution < -0.4 is 10.6 Å². The average molecular weight is 509 g/mol. The normalized spacial score (nSPS) is 11.8. The molecule has 3 N–H and O–H groups in total. The molecule has 4 aromatic rings. The number of rotatable bonds is 10. The van der Waals surface area contributed by atoms with E-state index in [4.69, 9.17) is 37.9 Å². The number of aromatic nitrogens is 2. The Balaban J connectivity index is 1.46. The summed E-state index contributed by atoms with van der Waals surface area (Å²) in [5, 5.41) is 18.2. The highest BCUT2D eigenvalue weighted by Gasteiger charge is 2.15. The molecule has 1 unspecified atom stereocenters. The molecule has 0 fully saturated rings. The number of nitrogens with one attached hydrogen (secondary N) is 2. The van der Waals surface area contributed by atoms with Crippen molar-refractivity contribution in [3.63, 3.8) is 0 Å². The highest BCUT2D eigenvalue weighted by molar-refractivity contribution is 6.30. The van der Waals surface area contributed by atoms with Crippen LogP contribution in [0.15, 0.2) is 78.9 Å². The van der Waals surface area contributed by atoms with E-state index in [1.54, 1.807) is 12.1 Å². The topological polar surface area (TPSA) is 79.3 Å². The summed E-state index contributed by atoms with van der Waals surface area (Å²) in [4.78, 5) is 9.48. The van der Waals surface area contributed by atoms with Gasteiger partial charge in [0.2, 0.25) is 0 Å². The van der Waals surface area contributed by atoms with Gasteiger partial charge in [0, 0.05) is 44.8 Å². The molecule has 0 radical (unpaired) electrons. The molecule has 180 valence electrons. The molecule has 8 heteroatoms. The average Bonchev–Trinajstić information content (AvgIpc) is 2.87. The second kappa shape index (κ2) is 12.0. The first-order valence-electron chi connectivity index (χ1n) is 11.2. The summed E-state index contributed by atoms with van der Waals surface area (Å²) in [7, 11) is 0. The fourth-order valence-electron chi connectivity index (χ4n) is 3.42. The van der Waals surface area contributed by atoms with Crippen LogP contribution in [-0.4, -0.2) is 34.3 Å². The second-order valence-electron chi connectivity index (χ2n) is 8.01. The maximum Gasteiger partial charge on any atom is 0.161 e. The summed E-state index contributed by atoms with van der Waals surface area (Å²) < 4.78 is 5.86. The van der Waals surface area contributed by atoms with Gasteiger partial charge in [-0.15, -0.1) is 0 Å². The molecule has 0 spiro atoms. The van der Waals surface area contributed by atoms with Gasteiger partial charge in [-0.25, -0.2) is 9.97 Å². The molecule has 1 atom stereocenters. The van der Waals surface area contributed by atoms with Gasteiger partial charge in [0.1, 0.15) is 5.82 Å². The molecule has 0 bridgehead atoms. The van der Waals surface area contributed by atoms with Gasteiger partial charge in [-0.05, 0) is 55.5 Å². The lowest BCUT2D eigenvalue weighted by atomic mass is 10.1. The third kappa shape index (κ3) is 7.16. The number of aliphatic hydroxyl groups is 1. The zero-order valence-corrected chi connectivity index (χ0v) is 20.7. The molecular weight excluding hydrogens is 483 g/mol. The van der Waals surface area contributed by atoms with Crippen molar-refractivity contribution in [2.75, 3.05) is 23.8 Å². The highest BCUT2D eigenvalue weighted by Crippen LogP contribution is 2.26.